The minimum Gasteiger partial charge on any atom is -0.494 e. The molecule has 20 heavy (non-hydrogen) atoms. The Balaban J connectivity index is 2.18. The lowest BCUT2D eigenvalue weighted by Crippen LogP contribution is -2.24. The lowest BCUT2D eigenvalue weighted by molar-refractivity contribution is 0.384. The van der Waals surface area contributed by atoms with Crippen LogP contribution >= 0.6 is 0 Å². The Labute approximate surface area is 118 Å². The van der Waals surface area contributed by atoms with Crippen LogP contribution in [0.25, 0.3) is 0 Å². The average Bonchev–Trinajstić information content (AvgIpc) is 2.96. The molecule has 2 aromatic rings. The Morgan fingerprint density at radius 3 is 2.80 bits per heavy atom. The Bertz CT molecular complexity index is 525. The summed E-state index contributed by atoms with van der Waals surface area (Å²) in [7, 11) is 1.47. The van der Waals surface area contributed by atoms with E-state index in [1.165, 1.54) is 13.2 Å². The summed E-state index contributed by atoms with van der Waals surface area (Å²) in [6, 6.07) is 8.89. The third-order valence-corrected chi connectivity index (χ3v) is 3.20. The maximum atomic E-state index is 13.8. The van der Waals surface area contributed by atoms with Crippen LogP contribution in [0.5, 0.6) is 5.75 Å². The number of rotatable bonds is 7. The molecule has 4 heteroatoms. The monoisotopic (exact) mass is 277 g/mol. The molecule has 2 rings (SSSR count). The number of methoxy groups -OCH3 is 1. The molecule has 0 aliphatic heterocycles. The van der Waals surface area contributed by atoms with Crippen LogP contribution < -0.4 is 10.1 Å². The van der Waals surface area contributed by atoms with Crippen molar-refractivity contribution in [3.05, 3.63) is 53.7 Å². The van der Waals surface area contributed by atoms with Gasteiger partial charge in [-0.1, -0.05) is 13.0 Å². The zero-order valence-electron chi connectivity index (χ0n) is 11.9. The fraction of sp³-hybridized carbons (Fsp3) is 0.375. The summed E-state index contributed by atoms with van der Waals surface area (Å²) < 4.78 is 24.2. The van der Waals surface area contributed by atoms with Crippen LogP contribution in [-0.2, 0) is 6.42 Å². The molecule has 3 nitrogen and oxygen atoms in total. The molecule has 108 valence electrons. The number of hydrogen-bond acceptors (Lipinski definition) is 3. The molecule has 0 aliphatic carbocycles. The van der Waals surface area contributed by atoms with Crippen LogP contribution in [-0.4, -0.2) is 13.7 Å². The predicted molar refractivity (Wildman–Crippen MR) is 76.4 cm³/mol. The van der Waals surface area contributed by atoms with Crippen molar-refractivity contribution in [1.29, 1.82) is 0 Å². The molecular weight excluding hydrogens is 257 g/mol. The molecule has 0 radical (unpaired) electrons. The second-order valence-corrected chi connectivity index (χ2v) is 4.68. The summed E-state index contributed by atoms with van der Waals surface area (Å²) in [5.74, 6) is 0.809. The molecule has 1 atom stereocenters. The third kappa shape index (κ3) is 3.61. The van der Waals surface area contributed by atoms with E-state index in [1.807, 2.05) is 18.2 Å². The topological polar surface area (TPSA) is 34.4 Å². The van der Waals surface area contributed by atoms with E-state index in [0.717, 1.165) is 24.3 Å². The van der Waals surface area contributed by atoms with Crippen LogP contribution in [0.2, 0.25) is 0 Å². The molecule has 1 heterocycles. The summed E-state index contributed by atoms with van der Waals surface area (Å²) in [4.78, 5) is 0. The van der Waals surface area contributed by atoms with Gasteiger partial charge in [0.2, 0.25) is 0 Å². The molecule has 0 saturated heterocycles. The van der Waals surface area contributed by atoms with E-state index < -0.39 is 0 Å². The Morgan fingerprint density at radius 1 is 1.35 bits per heavy atom. The van der Waals surface area contributed by atoms with Gasteiger partial charge in [0, 0.05) is 12.5 Å². The first-order chi connectivity index (χ1) is 9.74. The molecule has 1 unspecified atom stereocenters. The SMILES string of the molecule is CCCNC(Cc1ccco1)c1ccc(OC)c(F)c1. The molecular formula is C16H20FNO2. The van der Waals surface area contributed by atoms with Crippen LogP contribution in [0.15, 0.2) is 41.0 Å². The van der Waals surface area contributed by atoms with Crippen LogP contribution in [0.1, 0.15) is 30.7 Å². The van der Waals surface area contributed by atoms with Crippen molar-refractivity contribution >= 4 is 0 Å². The van der Waals surface area contributed by atoms with Crippen molar-refractivity contribution < 1.29 is 13.5 Å². The Kier molecular flexibility index (Phi) is 5.18. The smallest absolute Gasteiger partial charge is 0.165 e. The number of halogens is 1. The standard InChI is InChI=1S/C16H20FNO2/c1-3-8-18-15(11-13-5-4-9-20-13)12-6-7-16(19-2)14(17)10-12/h4-7,9-10,15,18H,3,8,11H2,1-2H3. The zero-order chi connectivity index (χ0) is 14.4. The van der Waals surface area contributed by atoms with Gasteiger partial charge >= 0.3 is 0 Å². The van der Waals surface area contributed by atoms with E-state index in [0.29, 0.717) is 6.42 Å². The fourth-order valence-corrected chi connectivity index (χ4v) is 2.16. The van der Waals surface area contributed by atoms with Gasteiger partial charge in [0.05, 0.1) is 13.4 Å². The molecule has 0 aliphatic rings. The van der Waals surface area contributed by atoms with E-state index in [9.17, 15) is 4.39 Å². The van der Waals surface area contributed by atoms with Crippen molar-refractivity contribution in [2.24, 2.45) is 0 Å². The van der Waals surface area contributed by atoms with Gasteiger partial charge in [-0.2, -0.15) is 0 Å². The summed E-state index contributed by atoms with van der Waals surface area (Å²) in [5, 5.41) is 3.42. The summed E-state index contributed by atoms with van der Waals surface area (Å²) in [6.07, 6.45) is 3.37. The van der Waals surface area contributed by atoms with E-state index in [2.05, 4.69) is 12.2 Å². The molecule has 0 spiro atoms. The molecule has 1 aromatic carbocycles. The number of ether oxygens (including phenoxy) is 1. The highest BCUT2D eigenvalue weighted by Gasteiger charge is 2.15. The van der Waals surface area contributed by atoms with Gasteiger partial charge in [-0.3, -0.25) is 0 Å². The largest absolute Gasteiger partial charge is 0.494 e. The van der Waals surface area contributed by atoms with Gasteiger partial charge in [-0.15, -0.1) is 0 Å². The maximum Gasteiger partial charge on any atom is 0.165 e. The Morgan fingerprint density at radius 2 is 2.20 bits per heavy atom. The van der Waals surface area contributed by atoms with Gasteiger partial charge < -0.3 is 14.5 Å². The lowest BCUT2D eigenvalue weighted by Gasteiger charge is -2.18. The molecule has 0 amide bonds. The van der Waals surface area contributed by atoms with E-state index in [1.54, 1.807) is 12.3 Å². The van der Waals surface area contributed by atoms with E-state index in [-0.39, 0.29) is 17.6 Å². The van der Waals surface area contributed by atoms with Crippen molar-refractivity contribution in [1.82, 2.24) is 5.32 Å². The van der Waals surface area contributed by atoms with Gasteiger partial charge in [-0.05, 0) is 42.8 Å². The number of benzene rings is 1. The summed E-state index contributed by atoms with van der Waals surface area (Å²) in [5.41, 5.74) is 0.896. The van der Waals surface area contributed by atoms with Gasteiger partial charge in [0.15, 0.2) is 11.6 Å². The second kappa shape index (κ2) is 7.10. The second-order valence-electron chi connectivity index (χ2n) is 4.68. The predicted octanol–water partition coefficient (Wildman–Crippen LogP) is 3.71. The lowest BCUT2D eigenvalue weighted by atomic mass is 10.0. The molecule has 0 fully saturated rings. The van der Waals surface area contributed by atoms with Crippen LogP contribution in [0.4, 0.5) is 4.39 Å². The highest BCUT2D eigenvalue weighted by atomic mass is 19.1. The van der Waals surface area contributed by atoms with Crippen LogP contribution in [0, 0.1) is 5.82 Å². The quantitative estimate of drug-likeness (QED) is 0.837. The first kappa shape index (κ1) is 14.6. The van der Waals surface area contributed by atoms with Gasteiger partial charge in [-0.25, -0.2) is 4.39 Å². The average molecular weight is 277 g/mol. The van der Waals surface area contributed by atoms with Gasteiger partial charge in [0.25, 0.3) is 0 Å². The first-order valence-electron chi connectivity index (χ1n) is 6.83. The minimum absolute atomic E-state index is 0.0292. The van der Waals surface area contributed by atoms with Crippen molar-refractivity contribution in [2.45, 2.75) is 25.8 Å². The Hall–Kier alpha value is -1.81. The highest BCUT2D eigenvalue weighted by Crippen LogP contribution is 2.24. The molecule has 0 saturated carbocycles. The zero-order valence-corrected chi connectivity index (χ0v) is 11.9. The highest BCUT2D eigenvalue weighted by molar-refractivity contribution is 5.31. The fourth-order valence-electron chi connectivity index (χ4n) is 2.16. The number of hydrogen-bond donors (Lipinski definition) is 1. The minimum atomic E-state index is -0.340. The van der Waals surface area contributed by atoms with Crippen molar-refractivity contribution in [2.75, 3.05) is 13.7 Å². The molecule has 0 bridgehead atoms. The van der Waals surface area contributed by atoms with Crippen molar-refractivity contribution in [3.8, 4) is 5.75 Å². The molecule has 1 N–H and O–H groups in total. The van der Waals surface area contributed by atoms with E-state index in [4.69, 9.17) is 9.15 Å². The molecule has 1 aromatic heterocycles. The van der Waals surface area contributed by atoms with Crippen molar-refractivity contribution in [3.63, 3.8) is 0 Å². The number of furan rings is 1. The van der Waals surface area contributed by atoms with E-state index >= 15 is 0 Å². The summed E-state index contributed by atoms with van der Waals surface area (Å²) in [6.45, 7) is 2.98. The normalized spacial score (nSPS) is 12.3. The summed E-state index contributed by atoms with van der Waals surface area (Å²) >= 11 is 0. The van der Waals surface area contributed by atoms with Crippen LogP contribution in [0.3, 0.4) is 0 Å². The number of nitrogens with one attached hydrogen (secondary N) is 1. The maximum absolute atomic E-state index is 13.8. The first-order valence-corrected chi connectivity index (χ1v) is 6.83. The third-order valence-electron chi connectivity index (χ3n) is 3.20. The van der Waals surface area contributed by atoms with Gasteiger partial charge in [0.1, 0.15) is 5.76 Å².